The molecule has 1 amide bonds. The van der Waals surface area contributed by atoms with E-state index in [1.807, 2.05) is 18.2 Å². The fourth-order valence-corrected chi connectivity index (χ4v) is 4.36. The van der Waals surface area contributed by atoms with Crippen molar-refractivity contribution < 1.29 is 14.3 Å². The van der Waals surface area contributed by atoms with Gasteiger partial charge in [0.15, 0.2) is 5.78 Å². The first kappa shape index (κ1) is 19.4. The lowest BCUT2D eigenvalue weighted by molar-refractivity contribution is -0.130. The van der Waals surface area contributed by atoms with E-state index in [9.17, 15) is 14.4 Å². The van der Waals surface area contributed by atoms with Gasteiger partial charge in [0.1, 0.15) is 17.2 Å². The second kappa shape index (κ2) is 7.46. The minimum absolute atomic E-state index is 0.0318. The molecule has 0 aliphatic carbocycles. The molecule has 1 fully saturated rings. The number of carbonyl (C=O) groups is 2. The Balaban J connectivity index is 1.48. The average molecular weight is 395 g/mol. The van der Waals surface area contributed by atoms with Crippen molar-refractivity contribution >= 4 is 11.7 Å². The summed E-state index contributed by atoms with van der Waals surface area (Å²) in [5.41, 5.74) is 0.824. The zero-order valence-corrected chi connectivity index (χ0v) is 16.8. The number of ether oxygens (including phenoxy) is 1. The molecule has 1 saturated heterocycles. The Hall–Kier alpha value is -2.96. The number of Topliss-reactive ketones (excluding diaryl/α,β-unsaturated/α-hetero) is 1. The standard InChI is InChI=1S/C22H25N3O4/c1-14-17(21(28)24-15(2)23-14)12-20(27)25-10-5-8-22(9-11-25)13-18(26)16-6-3-4-7-19(16)29-22/h3-4,6-7H,5,8-13H2,1-2H3,(H,23,24,28). The Morgan fingerprint density at radius 3 is 2.79 bits per heavy atom. The molecule has 2 aliphatic heterocycles. The first-order valence-electron chi connectivity index (χ1n) is 10.0. The Morgan fingerprint density at radius 2 is 2.00 bits per heavy atom. The highest BCUT2D eigenvalue weighted by molar-refractivity contribution is 6.00. The summed E-state index contributed by atoms with van der Waals surface area (Å²) < 4.78 is 6.28. The number of aromatic amines is 1. The summed E-state index contributed by atoms with van der Waals surface area (Å²) in [5.74, 6) is 1.18. The largest absolute Gasteiger partial charge is 0.486 e. The van der Waals surface area contributed by atoms with Crippen molar-refractivity contribution in [3.05, 3.63) is 57.3 Å². The number of likely N-dealkylation sites (tertiary alicyclic amines) is 1. The van der Waals surface area contributed by atoms with E-state index in [2.05, 4.69) is 9.97 Å². The summed E-state index contributed by atoms with van der Waals surface area (Å²) in [4.78, 5) is 46.4. The van der Waals surface area contributed by atoms with Gasteiger partial charge in [-0.1, -0.05) is 12.1 Å². The summed E-state index contributed by atoms with van der Waals surface area (Å²) in [6.07, 6.45) is 2.45. The number of benzene rings is 1. The maximum absolute atomic E-state index is 12.9. The van der Waals surface area contributed by atoms with Crippen molar-refractivity contribution in [2.24, 2.45) is 0 Å². The van der Waals surface area contributed by atoms with Crippen LogP contribution in [0.1, 0.15) is 53.1 Å². The summed E-state index contributed by atoms with van der Waals surface area (Å²) in [6, 6.07) is 7.34. The minimum Gasteiger partial charge on any atom is -0.486 e. The van der Waals surface area contributed by atoms with Crippen LogP contribution in [0.2, 0.25) is 0 Å². The molecule has 7 nitrogen and oxygen atoms in total. The number of nitrogens with zero attached hydrogens (tertiary/aromatic N) is 2. The van der Waals surface area contributed by atoms with Crippen molar-refractivity contribution in [1.29, 1.82) is 0 Å². The van der Waals surface area contributed by atoms with E-state index in [-0.39, 0.29) is 23.7 Å². The Labute approximate surface area is 169 Å². The molecule has 1 atom stereocenters. The molecular formula is C22H25N3O4. The van der Waals surface area contributed by atoms with Crippen molar-refractivity contribution in [1.82, 2.24) is 14.9 Å². The number of para-hydroxylation sites is 1. The molecule has 2 aromatic rings. The van der Waals surface area contributed by atoms with E-state index in [1.165, 1.54) is 0 Å². The van der Waals surface area contributed by atoms with Gasteiger partial charge in [-0.3, -0.25) is 14.4 Å². The number of fused-ring (bicyclic) bond motifs is 1. The second-order valence-corrected chi connectivity index (χ2v) is 8.01. The quantitative estimate of drug-likeness (QED) is 0.843. The van der Waals surface area contributed by atoms with Crippen LogP contribution >= 0.6 is 0 Å². The summed E-state index contributed by atoms with van der Waals surface area (Å²) >= 11 is 0. The molecule has 2 aliphatic rings. The number of aromatic nitrogens is 2. The van der Waals surface area contributed by atoms with Crippen molar-refractivity contribution in [2.45, 2.75) is 51.6 Å². The molecule has 1 spiro atoms. The maximum Gasteiger partial charge on any atom is 0.254 e. The van der Waals surface area contributed by atoms with Crippen LogP contribution in [-0.2, 0) is 11.2 Å². The average Bonchev–Trinajstić information content (AvgIpc) is 2.87. The van der Waals surface area contributed by atoms with Gasteiger partial charge in [-0.25, -0.2) is 4.98 Å². The van der Waals surface area contributed by atoms with Crippen LogP contribution < -0.4 is 10.3 Å². The van der Waals surface area contributed by atoms with Gasteiger partial charge in [-0.2, -0.15) is 0 Å². The van der Waals surface area contributed by atoms with E-state index < -0.39 is 5.60 Å². The van der Waals surface area contributed by atoms with Crippen molar-refractivity contribution in [2.75, 3.05) is 13.1 Å². The second-order valence-electron chi connectivity index (χ2n) is 8.01. The highest BCUT2D eigenvalue weighted by atomic mass is 16.5. The topological polar surface area (TPSA) is 92.4 Å². The number of carbonyl (C=O) groups excluding carboxylic acids is 2. The summed E-state index contributed by atoms with van der Waals surface area (Å²) in [5, 5.41) is 0. The number of hydrogen-bond donors (Lipinski definition) is 1. The van der Waals surface area contributed by atoms with Gasteiger partial charge >= 0.3 is 0 Å². The van der Waals surface area contributed by atoms with Crippen molar-refractivity contribution in [3.63, 3.8) is 0 Å². The van der Waals surface area contributed by atoms with E-state index in [4.69, 9.17) is 4.74 Å². The molecule has 0 bridgehead atoms. The Bertz CT molecular complexity index is 1030. The molecule has 29 heavy (non-hydrogen) atoms. The van der Waals surface area contributed by atoms with Crippen molar-refractivity contribution in [3.8, 4) is 5.75 Å². The highest BCUT2D eigenvalue weighted by Gasteiger charge is 2.42. The van der Waals surface area contributed by atoms with Crippen LogP contribution in [0.5, 0.6) is 5.75 Å². The number of hydrogen-bond acceptors (Lipinski definition) is 5. The third-order valence-corrected chi connectivity index (χ3v) is 5.92. The predicted octanol–water partition coefficient (Wildman–Crippen LogP) is 2.35. The van der Waals surface area contributed by atoms with E-state index in [0.29, 0.717) is 54.3 Å². The molecular weight excluding hydrogens is 370 g/mol. The molecule has 3 heterocycles. The lowest BCUT2D eigenvalue weighted by Gasteiger charge is -2.37. The first-order valence-corrected chi connectivity index (χ1v) is 10.0. The van der Waals surface area contributed by atoms with Gasteiger partial charge in [-0.05, 0) is 38.8 Å². The highest BCUT2D eigenvalue weighted by Crippen LogP contribution is 2.39. The number of amides is 1. The van der Waals surface area contributed by atoms with Gasteiger partial charge in [0.25, 0.3) is 5.56 Å². The van der Waals surface area contributed by atoms with Gasteiger partial charge < -0.3 is 14.6 Å². The normalized spacial score (nSPS) is 21.4. The van der Waals surface area contributed by atoms with Crippen LogP contribution in [0.4, 0.5) is 0 Å². The fraction of sp³-hybridized carbons (Fsp3) is 0.455. The number of nitrogens with one attached hydrogen (secondary N) is 1. The minimum atomic E-state index is -0.556. The van der Waals surface area contributed by atoms with Gasteiger partial charge in [0.05, 0.1) is 18.4 Å². The summed E-state index contributed by atoms with van der Waals surface area (Å²) in [6.45, 7) is 4.57. The monoisotopic (exact) mass is 395 g/mol. The molecule has 1 unspecified atom stereocenters. The zero-order valence-electron chi connectivity index (χ0n) is 16.8. The molecule has 7 heteroatoms. The summed E-state index contributed by atoms with van der Waals surface area (Å²) in [7, 11) is 0. The number of H-pyrrole nitrogens is 1. The molecule has 152 valence electrons. The van der Waals surface area contributed by atoms with Crippen LogP contribution in [0.15, 0.2) is 29.1 Å². The number of ketones is 1. The molecule has 1 N–H and O–H groups in total. The van der Waals surface area contributed by atoms with Gasteiger partial charge in [-0.15, -0.1) is 0 Å². The maximum atomic E-state index is 12.9. The predicted molar refractivity (Wildman–Crippen MR) is 107 cm³/mol. The third kappa shape index (κ3) is 3.81. The number of rotatable bonds is 2. The van der Waals surface area contributed by atoms with Crippen LogP contribution in [0, 0.1) is 13.8 Å². The van der Waals surface area contributed by atoms with E-state index in [1.54, 1.807) is 24.8 Å². The van der Waals surface area contributed by atoms with Crippen LogP contribution in [-0.4, -0.2) is 45.2 Å². The molecule has 1 aromatic carbocycles. The fourth-order valence-electron chi connectivity index (χ4n) is 4.36. The van der Waals surface area contributed by atoms with E-state index in [0.717, 1.165) is 12.8 Å². The Kier molecular flexibility index (Phi) is 4.98. The smallest absolute Gasteiger partial charge is 0.254 e. The van der Waals surface area contributed by atoms with Crippen LogP contribution in [0.25, 0.3) is 0 Å². The zero-order chi connectivity index (χ0) is 20.6. The van der Waals surface area contributed by atoms with Gasteiger partial charge in [0.2, 0.25) is 5.91 Å². The molecule has 0 saturated carbocycles. The first-order chi connectivity index (χ1) is 13.9. The molecule has 4 rings (SSSR count). The number of aryl methyl sites for hydroxylation is 2. The lowest BCUT2D eigenvalue weighted by atomic mass is 9.84. The Morgan fingerprint density at radius 1 is 1.21 bits per heavy atom. The molecule has 0 radical (unpaired) electrons. The SMILES string of the molecule is Cc1nc(C)c(CC(=O)N2CCCC3(CC2)CC(=O)c2ccccc2O3)c(=O)[nH]1. The lowest BCUT2D eigenvalue weighted by Crippen LogP contribution is -2.43. The molecule has 1 aromatic heterocycles. The van der Waals surface area contributed by atoms with E-state index >= 15 is 0 Å². The van der Waals surface area contributed by atoms with Crippen LogP contribution in [0.3, 0.4) is 0 Å². The van der Waals surface area contributed by atoms with Gasteiger partial charge in [0, 0.05) is 30.8 Å². The third-order valence-electron chi connectivity index (χ3n) is 5.92.